The van der Waals surface area contributed by atoms with Gasteiger partial charge in [0.1, 0.15) is 12.3 Å². The van der Waals surface area contributed by atoms with Gasteiger partial charge in [0.2, 0.25) is 5.91 Å². The van der Waals surface area contributed by atoms with Crippen molar-refractivity contribution < 1.29 is 17.9 Å². The van der Waals surface area contributed by atoms with Gasteiger partial charge < -0.3 is 10.1 Å². The summed E-state index contributed by atoms with van der Waals surface area (Å²) >= 11 is 3.36. The quantitative estimate of drug-likeness (QED) is 0.405. The first kappa shape index (κ1) is 23.8. The van der Waals surface area contributed by atoms with E-state index in [2.05, 4.69) is 21.2 Å². The lowest BCUT2D eigenvalue weighted by Crippen LogP contribution is -2.41. The van der Waals surface area contributed by atoms with E-state index in [9.17, 15) is 13.2 Å². The molecule has 0 aliphatic heterocycles. The van der Waals surface area contributed by atoms with Crippen LogP contribution >= 0.6 is 15.9 Å². The molecule has 0 heterocycles. The Hall–Kier alpha value is -2.84. The first-order valence-electron chi connectivity index (χ1n) is 10.1. The van der Waals surface area contributed by atoms with Gasteiger partial charge in [-0.05, 0) is 66.9 Å². The van der Waals surface area contributed by atoms with E-state index in [1.807, 2.05) is 24.3 Å². The lowest BCUT2D eigenvalue weighted by Gasteiger charge is -2.24. The van der Waals surface area contributed by atoms with Gasteiger partial charge in [0.25, 0.3) is 10.0 Å². The van der Waals surface area contributed by atoms with E-state index in [4.69, 9.17) is 4.74 Å². The third kappa shape index (κ3) is 6.34. The number of rotatable bonds is 10. The second kappa shape index (κ2) is 11.2. The van der Waals surface area contributed by atoms with E-state index in [-0.39, 0.29) is 17.3 Å². The minimum absolute atomic E-state index is 0.133. The van der Waals surface area contributed by atoms with E-state index in [0.29, 0.717) is 12.2 Å². The van der Waals surface area contributed by atoms with E-state index in [0.717, 1.165) is 32.9 Å². The molecule has 0 saturated carbocycles. The number of carbonyl (C=O) groups is 1. The first-order chi connectivity index (χ1) is 15.4. The average Bonchev–Trinajstić information content (AvgIpc) is 2.81. The van der Waals surface area contributed by atoms with E-state index >= 15 is 0 Å². The Kier molecular flexibility index (Phi) is 8.30. The zero-order valence-corrected chi connectivity index (χ0v) is 20.1. The highest BCUT2D eigenvalue weighted by Crippen LogP contribution is 2.25. The normalized spacial score (nSPS) is 11.1. The van der Waals surface area contributed by atoms with Crippen LogP contribution in [-0.2, 0) is 21.2 Å². The Morgan fingerprint density at radius 2 is 1.72 bits per heavy atom. The fourth-order valence-corrected chi connectivity index (χ4v) is 4.88. The number of carbonyl (C=O) groups excluding carboxylic acids is 1. The molecule has 0 saturated heterocycles. The standard InChI is InChI=1S/C24H25BrN2O4S/c1-31-22-9-5-7-19(17-22)8-6-16-26-24(28)18-27(21-14-12-20(25)13-15-21)32(29,30)23-10-3-2-4-11-23/h2-5,7,9-15,17H,6,8,16,18H2,1H3,(H,26,28). The van der Waals surface area contributed by atoms with E-state index in [1.165, 1.54) is 12.1 Å². The maximum atomic E-state index is 13.3. The molecule has 3 aromatic carbocycles. The van der Waals surface area contributed by atoms with Crippen LogP contribution in [-0.4, -0.2) is 34.5 Å². The fourth-order valence-electron chi connectivity index (χ4n) is 3.18. The van der Waals surface area contributed by atoms with Crippen LogP contribution in [0.5, 0.6) is 5.75 Å². The number of sulfonamides is 1. The Balaban J connectivity index is 1.66. The zero-order valence-electron chi connectivity index (χ0n) is 17.7. The molecule has 0 aromatic heterocycles. The number of nitrogens with one attached hydrogen (secondary N) is 1. The maximum Gasteiger partial charge on any atom is 0.264 e. The highest BCUT2D eigenvalue weighted by atomic mass is 79.9. The van der Waals surface area contributed by atoms with Crippen LogP contribution in [0, 0.1) is 0 Å². The first-order valence-corrected chi connectivity index (χ1v) is 12.4. The molecule has 32 heavy (non-hydrogen) atoms. The summed E-state index contributed by atoms with van der Waals surface area (Å²) in [4.78, 5) is 12.8. The predicted octanol–water partition coefficient (Wildman–Crippen LogP) is 4.40. The van der Waals surface area contributed by atoms with Crippen LogP contribution in [0.25, 0.3) is 0 Å². The summed E-state index contributed by atoms with van der Waals surface area (Å²) in [5.74, 6) is 0.431. The van der Waals surface area contributed by atoms with Crippen LogP contribution < -0.4 is 14.4 Å². The van der Waals surface area contributed by atoms with Gasteiger partial charge in [-0.15, -0.1) is 0 Å². The third-order valence-electron chi connectivity index (χ3n) is 4.83. The zero-order chi connectivity index (χ0) is 23.0. The second-order valence-corrected chi connectivity index (χ2v) is 9.88. The highest BCUT2D eigenvalue weighted by molar-refractivity contribution is 9.10. The average molecular weight is 517 g/mol. The largest absolute Gasteiger partial charge is 0.497 e. The number of methoxy groups -OCH3 is 1. The summed E-state index contributed by atoms with van der Waals surface area (Å²) in [7, 11) is -2.28. The summed E-state index contributed by atoms with van der Waals surface area (Å²) in [5.41, 5.74) is 1.53. The smallest absolute Gasteiger partial charge is 0.264 e. The van der Waals surface area contributed by atoms with Crippen molar-refractivity contribution in [3.05, 3.63) is 88.9 Å². The topological polar surface area (TPSA) is 75.7 Å². The number of nitrogens with zero attached hydrogens (tertiary/aromatic N) is 1. The van der Waals surface area contributed by atoms with Gasteiger partial charge in [-0.25, -0.2) is 8.42 Å². The van der Waals surface area contributed by atoms with Crippen LogP contribution in [0.3, 0.4) is 0 Å². The molecule has 0 unspecified atom stereocenters. The summed E-state index contributed by atoms with van der Waals surface area (Å²) in [6, 6.07) is 22.7. The lowest BCUT2D eigenvalue weighted by molar-refractivity contribution is -0.119. The minimum atomic E-state index is -3.90. The van der Waals surface area contributed by atoms with E-state index in [1.54, 1.807) is 49.6 Å². The monoisotopic (exact) mass is 516 g/mol. The van der Waals surface area contributed by atoms with Crippen LogP contribution in [0.1, 0.15) is 12.0 Å². The maximum absolute atomic E-state index is 13.3. The minimum Gasteiger partial charge on any atom is -0.497 e. The fraction of sp³-hybridized carbons (Fsp3) is 0.208. The molecular weight excluding hydrogens is 492 g/mol. The molecule has 0 fully saturated rings. The number of amides is 1. The molecule has 3 aromatic rings. The number of benzene rings is 3. The van der Waals surface area contributed by atoms with Gasteiger partial charge >= 0.3 is 0 Å². The molecule has 0 radical (unpaired) electrons. The van der Waals surface area contributed by atoms with Crippen molar-refractivity contribution in [3.8, 4) is 5.75 Å². The Morgan fingerprint density at radius 3 is 2.41 bits per heavy atom. The Morgan fingerprint density at radius 1 is 1.00 bits per heavy atom. The molecular formula is C24H25BrN2O4S. The summed E-state index contributed by atoms with van der Waals surface area (Å²) in [6.45, 7) is 0.133. The highest BCUT2D eigenvalue weighted by Gasteiger charge is 2.26. The SMILES string of the molecule is COc1cccc(CCCNC(=O)CN(c2ccc(Br)cc2)S(=O)(=O)c2ccccc2)c1. The molecule has 6 nitrogen and oxygen atoms in total. The molecule has 0 atom stereocenters. The number of hydrogen-bond donors (Lipinski definition) is 1. The number of aryl methyl sites for hydroxylation is 1. The number of anilines is 1. The molecule has 1 amide bonds. The predicted molar refractivity (Wildman–Crippen MR) is 129 cm³/mol. The molecule has 0 bridgehead atoms. The summed E-state index contributed by atoms with van der Waals surface area (Å²) in [6.07, 6.45) is 1.50. The van der Waals surface area contributed by atoms with Gasteiger partial charge in [-0.1, -0.05) is 46.3 Å². The summed E-state index contributed by atoms with van der Waals surface area (Å²) < 4.78 is 33.7. The van der Waals surface area contributed by atoms with Gasteiger partial charge in [-0.3, -0.25) is 9.10 Å². The van der Waals surface area contributed by atoms with Gasteiger partial charge in [0.05, 0.1) is 17.7 Å². The molecule has 8 heteroatoms. The molecule has 168 valence electrons. The van der Waals surface area contributed by atoms with E-state index < -0.39 is 10.0 Å². The molecule has 0 aliphatic carbocycles. The number of halogens is 1. The molecule has 0 spiro atoms. The lowest BCUT2D eigenvalue weighted by atomic mass is 10.1. The van der Waals surface area contributed by atoms with Crippen molar-refractivity contribution in [1.29, 1.82) is 0 Å². The molecule has 0 aliphatic rings. The molecule has 3 rings (SSSR count). The van der Waals surface area contributed by atoms with Crippen LogP contribution in [0.4, 0.5) is 5.69 Å². The van der Waals surface area contributed by atoms with Gasteiger partial charge in [-0.2, -0.15) is 0 Å². The molecule has 1 N–H and O–H groups in total. The van der Waals surface area contributed by atoms with Crippen molar-refractivity contribution in [3.63, 3.8) is 0 Å². The third-order valence-corrected chi connectivity index (χ3v) is 7.15. The van der Waals surface area contributed by atoms with Crippen molar-refractivity contribution in [2.24, 2.45) is 0 Å². The van der Waals surface area contributed by atoms with Crippen molar-refractivity contribution in [1.82, 2.24) is 5.32 Å². The summed E-state index contributed by atoms with van der Waals surface area (Å²) in [5, 5.41) is 2.83. The number of hydrogen-bond acceptors (Lipinski definition) is 4. The van der Waals surface area contributed by atoms with Crippen molar-refractivity contribution in [2.45, 2.75) is 17.7 Å². The second-order valence-electron chi connectivity index (χ2n) is 7.11. The Bertz CT molecular complexity index is 1140. The van der Waals surface area contributed by atoms with Crippen molar-refractivity contribution >= 4 is 37.5 Å². The van der Waals surface area contributed by atoms with Gasteiger partial charge in [0.15, 0.2) is 0 Å². The van der Waals surface area contributed by atoms with Crippen molar-refractivity contribution in [2.75, 3.05) is 24.5 Å². The Labute approximate surface area is 197 Å². The van der Waals surface area contributed by atoms with Crippen LogP contribution in [0.2, 0.25) is 0 Å². The van der Waals surface area contributed by atoms with Gasteiger partial charge in [0, 0.05) is 11.0 Å². The van der Waals surface area contributed by atoms with Crippen LogP contribution in [0.15, 0.2) is 88.2 Å². The number of ether oxygens (including phenoxy) is 1.